The van der Waals surface area contributed by atoms with Crippen molar-refractivity contribution in [2.24, 2.45) is 0 Å². The van der Waals surface area contributed by atoms with Gasteiger partial charge in [-0.05, 0) is 20.4 Å². The number of ether oxygens (including phenoxy) is 1. The lowest BCUT2D eigenvalue weighted by Crippen LogP contribution is -2.33. The lowest BCUT2D eigenvalue weighted by molar-refractivity contribution is -0.132. The smallest absolute Gasteiger partial charge is 0.331 e. The number of carbonyl (C=O) groups is 1. The van der Waals surface area contributed by atoms with E-state index in [1.807, 2.05) is 20.9 Å². The van der Waals surface area contributed by atoms with Crippen molar-refractivity contribution in [2.45, 2.75) is 26.3 Å². The van der Waals surface area contributed by atoms with Gasteiger partial charge in [-0.1, -0.05) is 13.0 Å². The number of nitrogens with zero attached hydrogens (tertiary/aromatic N) is 1. The van der Waals surface area contributed by atoms with Crippen LogP contribution in [-0.2, 0) is 9.53 Å². The molecule has 0 saturated carbocycles. The molecule has 0 saturated heterocycles. The molecule has 0 aliphatic rings. The molecule has 0 amide bonds. The van der Waals surface area contributed by atoms with Gasteiger partial charge in [0.2, 0.25) is 0 Å². The van der Waals surface area contributed by atoms with E-state index in [0.29, 0.717) is 25.1 Å². The van der Waals surface area contributed by atoms with E-state index in [4.69, 9.17) is 9.84 Å². The van der Waals surface area contributed by atoms with Gasteiger partial charge >= 0.3 is 5.97 Å². The number of carboxylic acid groups (broad SMARTS) is 1. The van der Waals surface area contributed by atoms with E-state index in [-0.39, 0.29) is 6.04 Å². The van der Waals surface area contributed by atoms with Crippen LogP contribution >= 0.6 is 0 Å². The number of hydrogen-bond donors (Lipinski definition) is 1. The third-order valence-electron chi connectivity index (χ3n) is 2.44. The molecule has 0 bridgehead atoms. The number of methoxy groups -OCH3 is 1. The van der Waals surface area contributed by atoms with E-state index in [9.17, 15) is 4.79 Å². The van der Waals surface area contributed by atoms with Crippen molar-refractivity contribution >= 4 is 5.97 Å². The monoisotopic (exact) mass is 215 g/mol. The molecule has 1 N–H and O–H groups in total. The number of likely N-dealkylation sites (N-methyl/N-ethyl adjacent to an activating group) is 1. The van der Waals surface area contributed by atoms with E-state index >= 15 is 0 Å². The van der Waals surface area contributed by atoms with E-state index in [0.717, 1.165) is 0 Å². The maximum absolute atomic E-state index is 10.7. The Labute approximate surface area is 91.5 Å². The van der Waals surface area contributed by atoms with Crippen LogP contribution in [-0.4, -0.2) is 49.3 Å². The molecule has 4 heteroatoms. The molecule has 0 aromatic heterocycles. The molecule has 0 heterocycles. The van der Waals surface area contributed by atoms with Gasteiger partial charge in [-0.2, -0.15) is 0 Å². The van der Waals surface area contributed by atoms with Gasteiger partial charge in [-0.15, -0.1) is 0 Å². The number of aliphatic carboxylic acids is 1. The van der Waals surface area contributed by atoms with Crippen LogP contribution in [0.4, 0.5) is 0 Å². The van der Waals surface area contributed by atoms with Gasteiger partial charge in [-0.25, -0.2) is 4.79 Å². The molecule has 0 radical (unpaired) electrons. The molecule has 0 aromatic rings. The summed E-state index contributed by atoms with van der Waals surface area (Å²) in [5.74, 6) is -0.828. The summed E-state index contributed by atoms with van der Waals surface area (Å²) < 4.78 is 5.03. The van der Waals surface area contributed by atoms with Crippen molar-refractivity contribution in [2.75, 3.05) is 27.3 Å². The van der Waals surface area contributed by atoms with Crippen LogP contribution in [0.3, 0.4) is 0 Å². The summed E-state index contributed by atoms with van der Waals surface area (Å²) in [4.78, 5) is 12.8. The molecule has 88 valence electrons. The largest absolute Gasteiger partial charge is 0.478 e. The maximum atomic E-state index is 10.7. The third-order valence-corrected chi connectivity index (χ3v) is 2.44. The molecule has 0 rings (SSSR count). The van der Waals surface area contributed by atoms with Gasteiger partial charge in [-0.3, -0.25) is 4.90 Å². The second kappa shape index (κ2) is 7.43. The lowest BCUT2D eigenvalue weighted by atomic mass is 10.2. The highest BCUT2D eigenvalue weighted by Crippen LogP contribution is 2.02. The fourth-order valence-corrected chi connectivity index (χ4v) is 1.19. The Morgan fingerprint density at radius 1 is 1.60 bits per heavy atom. The van der Waals surface area contributed by atoms with E-state index < -0.39 is 5.97 Å². The predicted octanol–water partition coefficient (Wildman–Crippen LogP) is 1.37. The normalized spacial score (nSPS) is 14.3. The second-order valence-corrected chi connectivity index (χ2v) is 3.63. The zero-order valence-electron chi connectivity index (χ0n) is 9.99. The van der Waals surface area contributed by atoms with Crippen LogP contribution in [0.15, 0.2) is 11.6 Å². The fourth-order valence-electron chi connectivity index (χ4n) is 1.19. The Bertz CT molecular complexity index is 226. The van der Waals surface area contributed by atoms with Gasteiger partial charge in [0.05, 0.1) is 6.61 Å². The van der Waals surface area contributed by atoms with Gasteiger partial charge in [0.1, 0.15) is 0 Å². The van der Waals surface area contributed by atoms with Crippen LogP contribution in [0.5, 0.6) is 0 Å². The van der Waals surface area contributed by atoms with Crippen LogP contribution in [0, 0.1) is 0 Å². The molecule has 0 spiro atoms. The Kier molecular flexibility index (Phi) is 6.99. The number of carboxylic acids is 1. The van der Waals surface area contributed by atoms with Crippen LogP contribution in [0.25, 0.3) is 0 Å². The first kappa shape index (κ1) is 14.1. The zero-order chi connectivity index (χ0) is 11.8. The Morgan fingerprint density at radius 2 is 2.20 bits per heavy atom. The minimum Gasteiger partial charge on any atom is -0.478 e. The molecular formula is C11H21NO3. The van der Waals surface area contributed by atoms with E-state index in [1.54, 1.807) is 13.2 Å². The first-order chi connectivity index (χ1) is 7.02. The number of rotatable bonds is 7. The van der Waals surface area contributed by atoms with Gasteiger partial charge in [0, 0.05) is 25.3 Å². The summed E-state index contributed by atoms with van der Waals surface area (Å²) >= 11 is 0. The molecular weight excluding hydrogens is 194 g/mol. The highest BCUT2D eigenvalue weighted by Gasteiger charge is 2.09. The van der Waals surface area contributed by atoms with Crippen molar-refractivity contribution in [1.82, 2.24) is 4.90 Å². The third kappa shape index (κ3) is 5.54. The summed E-state index contributed by atoms with van der Waals surface area (Å²) in [5.41, 5.74) is 0.464. The van der Waals surface area contributed by atoms with Crippen molar-refractivity contribution in [1.29, 1.82) is 0 Å². The van der Waals surface area contributed by atoms with Gasteiger partial charge < -0.3 is 9.84 Å². The predicted molar refractivity (Wildman–Crippen MR) is 60.0 cm³/mol. The maximum Gasteiger partial charge on any atom is 0.331 e. The summed E-state index contributed by atoms with van der Waals surface area (Å²) in [6.07, 6.45) is 2.32. The molecule has 0 aliphatic heterocycles. The Hall–Kier alpha value is -0.870. The summed E-state index contributed by atoms with van der Waals surface area (Å²) in [6, 6.07) is 0.290. The molecule has 15 heavy (non-hydrogen) atoms. The Balaban J connectivity index is 4.16. The zero-order valence-corrected chi connectivity index (χ0v) is 9.99. The highest BCUT2D eigenvalue weighted by atomic mass is 16.5. The lowest BCUT2D eigenvalue weighted by Gasteiger charge is -2.22. The average Bonchev–Trinajstić information content (AvgIpc) is 2.18. The summed E-state index contributed by atoms with van der Waals surface area (Å²) in [7, 11) is 3.62. The first-order valence-corrected chi connectivity index (χ1v) is 5.14. The summed E-state index contributed by atoms with van der Waals surface area (Å²) in [6.45, 7) is 5.18. The topological polar surface area (TPSA) is 49.8 Å². The van der Waals surface area contributed by atoms with Crippen molar-refractivity contribution in [3.8, 4) is 0 Å². The second-order valence-electron chi connectivity index (χ2n) is 3.63. The van der Waals surface area contributed by atoms with Crippen LogP contribution in [0.2, 0.25) is 0 Å². The standard InChI is InChI=1S/C11H21NO3/c1-5-10(11(13)14)6-7-12(3)9(2)8-15-4/h6,9H,5,7-8H2,1-4H3,(H,13,14). The molecule has 1 unspecified atom stereocenters. The van der Waals surface area contributed by atoms with Crippen LogP contribution < -0.4 is 0 Å². The quantitative estimate of drug-likeness (QED) is 0.652. The van der Waals surface area contributed by atoms with E-state index in [2.05, 4.69) is 4.90 Å². The van der Waals surface area contributed by atoms with Gasteiger partial charge in [0.15, 0.2) is 0 Å². The fraction of sp³-hybridized carbons (Fsp3) is 0.727. The molecule has 1 atom stereocenters. The van der Waals surface area contributed by atoms with Gasteiger partial charge in [0.25, 0.3) is 0 Å². The summed E-state index contributed by atoms with van der Waals surface area (Å²) in [5, 5.41) is 8.82. The SMILES string of the molecule is CCC(=CCN(C)C(C)COC)C(=O)O. The number of hydrogen-bond acceptors (Lipinski definition) is 3. The highest BCUT2D eigenvalue weighted by molar-refractivity contribution is 5.86. The van der Waals surface area contributed by atoms with E-state index in [1.165, 1.54) is 0 Å². The van der Waals surface area contributed by atoms with Crippen LogP contribution in [0.1, 0.15) is 20.3 Å². The Morgan fingerprint density at radius 3 is 2.60 bits per heavy atom. The first-order valence-electron chi connectivity index (χ1n) is 5.14. The molecule has 4 nitrogen and oxygen atoms in total. The molecule has 0 aromatic carbocycles. The van der Waals surface area contributed by atoms with Crippen molar-refractivity contribution in [3.63, 3.8) is 0 Å². The van der Waals surface area contributed by atoms with Crippen molar-refractivity contribution < 1.29 is 14.6 Å². The minimum atomic E-state index is -0.828. The average molecular weight is 215 g/mol. The minimum absolute atomic E-state index is 0.290. The van der Waals surface area contributed by atoms with Crippen molar-refractivity contribution in [3.05, 3.63) is 11.6 Å². The molecule has 0 fully saturated rings. The molecule has 0 aliphatic carbocycles.